The molecule has 0 aromatic heterocycles. The van der Waals surface area contributed by atoms with Gasteiger partial charge in [-0.2, -0.15) is 0 Å². The Bertz CT molecular complexity index is 731. The maximum absolute atomic E-state index is 5.59. The lowest BCUT2D eigenvalue weighted by Crippen LogP contribution is -2.36. The van der Waals surface area contributed by atoms with E-state index in [-0.39, 0.29) is 12.3 Å². The maximum Gasteiger partial charge on any atom is 0.192 e. The number of hydrazine groups is 1. The van der Waals surface area contributed by atoms with Crippen LogP contribution in [0.2, 0.25) is 0 Å². The van der Waals surface area contributed by atoms with E-state index in [0.29, 0.717) is 10.2 Å². The summed E-state index contributed by atoms with van der Waals surface area (Å²) in [6, 6.07) is 16.9. The average Bonchev–Trinajstić information content (AvgIpc) is 3.08. The predicted octanol–water partition coefficient (Wildman–Crippen LogP) is 3.30. The minimum Gasteiger partial charge on any atom is -0.336 e. The quantitative estimate of drug-likeness (QED) is 0.805. The fourth-order valence-corrected chi connectivity index (χ4v) is 3.72. The molecule has 2 heterocycles. The molecule has 2 aromatic carbocycles. The molecule has 24 heavy (non-hydrogen) atoms. The minimum absolute atomic E-state index is 0.0754. The van der Waals surface area contributed by atoms with Crippen LogP contribution < -0.4 is 10.6 Å². The first-order chi connectivity index (χ1) is 11.5. The van der Waals surface area contributed by atoms with Gasteiger partial charge in [-0.25, -0.2) is 10.0 Å². The van der Waals surface area contributed by atoms with Crippen LogP contribution in [0.3, 0.4) is 0 Å². The number of nitrogens with one attached hydrogen (secondary N) is 2. The number of fused-ring (bicyclic) bond motifs is 1. The van der Waals surface area contributed by atoms with E-state index in [1.165, 1.54) is 11.1 Å². The standard InChI is InChI=1S/C18H18N4S2/c1-11-3-7-13(8-4-11)15-19-17(23)22-16(20-18(24)21(15)22)14-9-5-12(2)6-10-14/h3-10,15-16H,1-2H3,(H,19,23)(H,20,24)/t15-,16+. The Morgan fingerprint density at radius 1 is 0.667 bits per heavy atom. The van der Waals surface area contributed by atoms with E-state index in [2.05, 4.69) is 73.0 Å². The van der Waals surface area contributed by atoms with Gasteiger partial charge in [0.1, 0.15) is 12.3 Å². The van der Waals surface area contributed by atoms with E-state index in [1.54, 1.807) is 0 Å². The molecule has 2 N–H and O–H groups in total. The lowest BCUT2D eigenvalue weighted by Gasteiger charge is -2.26. The molecule has 6 heteroatoms. The summed E-state index contributed by atoms with van der Waals surface area (Å²) in [6.45, 7) is 4.16. The third-order valence-corrected chi connectivity index (χ3v) is 5.05. The van der Waals surface area contributed by atoms with Crippen LogP contribution >= 0.6 is 24.4 Å². The number of benzene rings is 2. The number of hydrogen-bond acceptors (Lipinski definition) is 2. The topological polar surface area (TPSA) is 30.5 Å². The van der Waals surface area contributed by atoms with Gasteiger partial charge in [-0.05, 0) is 49.4 Å². The van der Waals surface area contributed by atoms with Crippen LogP contribution in [0.5, 0.6) is 0 Å². The van der Waals surface area contributed by atoms with Crippen molar-refractivity contribution in [3.63, 3.8) is 0 Å². The molecule has 0 radical (unpaired) electrons. The summed E-state index contributed by atoms with van der Waals surface area (Å²) in [4.78, 5) is 0. The van der Waals surface area contributed by atoms with E-state index >= 15 is 0 Å². The zero-order chi connectivity index (χ0) is 16.8. The van der Waals surface area contributed by atoms with Gasteiger partial charge in [-0.1, -0.05) is 59.7 Å². The first kappa shape index (κ1) is 15.4. The maximum atomic E-state index is 5.59. The first-order valence-corrected chi connectivity index (χ1v) is 8.69. The lowest BCUT2D eigenvalue weighted by molar-refractivity contribution is 0.114. The SMILES string of the molecule is Cc1ccc([C@H]2NC(=S)N3[C@H](c4ccc(C)cc4)NC(=S)N23)cc1. The summed E-state index contributed by atoms with van der Waals surface area (Å²) in [5.74, 6) is 0. The summed E-state index contributed by atoms with van der Waals surface area (Å²) < 4.78 is 0. The van der Waals surface area contributed by atoms with Crippen LogP contribution in [0.1, 0.15) is 34.6 Å². The summed E-state index contributed by atoms with van der Waals surface area (Å²) in [6.07, 6.45) is -0.151. The molecule has 122 valence electrons. The van der Waals surface area contributed by atoms with Gasteiger partial charge in [0.2, 0.25) is 0 Å². The Hall–Kier alpha value is -2.18. The second kappa shape index (κ2) is 5.72. The molecule has 2 atom stereocenters. The minimum atomic E-state index is -0.0754. The molecule has 4 rings (SSSR count). The van der Waals surface area contributed by atoms with Crippen molar-refractivity contribution in [3.8, 4) is 0 Å². The summed E-state index contributed by atoms with van der Waals surface area (Å²) in [7, 11) is 0. The molecule has 2 aliphatic heterocycles. The van der Waals surface area contributed by atoms with Crippen LogP contribution in [0.15, 0.2) is 48.5 Å². The number of nitrogens with zero attached hydrogens (tertiary/aromatic N) is 2. The van der Waals surface area contributed by atoms with E-state index in [0.717, 1.165) is 11.1 Å². The van der Waals surface area contributed by atoms with Crippen molar-refractivity contribution < 1.29 is 0 Å². The van der Waals surface area contributed by atoms with Gasteiger partial charge in [0, 0.05) is 0 Å². The molecule has 2 saturated heterocycles. The van der Waals surface area contributed by atoms with Crippen LogP contribution in [0, 0.1) is 13.8 Å². The third-order valence-electron chi connectivity index (χ3n) is 4.44. The molecule has 0 amide bonds. The number of hydrogen-bond donors (Lipinski definition) is 2. The highest BCUT2D eigenvalue weighted by Crippen LogP contribution is 2.36. The van der Waals surface area contributed by atoms with Gasteiger partial charge >= 0.3 is 0 Å². The molecule has 2 aromatic rings. The summed E-state index contributed by atoms with van der Waals surface area (Å²) in [5.41, 5.74) is 4.74. The van der Waals surface area contributed by atoms with E-state index < -0.39 is 0 Å². The van der Waals surface area contributed by atoms with Gasteiger partial charge in [-0.3, -0.25) is 0 Å². The molecular formula is C18H18N4S2. The molecule has 0 saturated carbocycles. The second-order valence-corrected chi connectivity index (χ2v) is 6.99. The van der Waals surface area contributed by atoms with Crippen molar-refractivity contribution >= 4 is 34.7 Å². The fourth-order valence-electron chi connectivity index (χ4n) is 3.11. The highest BCUT2D eigenvalue weighted by Gasteiger charge is 2.47. The molecule has 0 bridgehead atoms. The van der Waals surface area contributed by atoms with Crippen molar-refractivity contribution in [3.05, 3.63) is 70.8 Å². The number of aryl methyl sites for hydroxylation is 2. The number of rotatable bonds is 2. The van der Waals surface area contributed by atoms with Crippen LogP contribution in [0.4, 0.5) is 0 Å². The summed E-state index contributed by atoms with van der Waals surface area (Å²) in [5, 5.41) is 12.2. The van der Waals surface area contributed by atoms with Crippen LogP contribution in [-0.4, -0.2) is 20.2 Å². The van der Waals surface area contributed by atoms with Crippen LogP contribution in [-0.2, 0) is 0 Å². The first-order valence-electron chi connectivity index (χ1n) is 7.87. The Kier molecular flexibility index (Phi) is 3.66. The van der Waals surface area contributed by atoms with E-state index in [1.807, 2.05) is 10.0 Å². The Morgan fingerprint density at radius 3 is 1.33 bits per heavy atom. The predicted molar refractivity (Wildman–Crippen MR) is 103 cm³/mol. The fraction of sp³-hybridized carbons (Fsp3) is 0.222. The highest BCUT2D eigenvalue weighted by atomic mass is 32.1. The molecule has 2 aliphatic rings. The third kappa shape index (κ3) is 2.42. The zero-order valence-corrected chi connectivity index (χ0v) is 15.1. The lowest BCUT2D eigenvalue weighted by atomic mass is 10.1. The molecular weight excluding hydrogens is 336 g/mol. The van der Waals surface area contributed by atoms with Gasteiger partial charge in [0.15, 0.2) is 10.2 Å². The van der Waals surface area contributed by atoms with Gasteiger partial charge in [0.25, 0.3) is 0 Å². The Morgan fingerprint density at radius 2 is 1.00 bits per heavy atom. The monoisotopic (exact) mass is 354 g/mol. The van der Waals surface area contributed by atoms with Gasteiger partial charge < -0.3 is 10.6 Å². The smallest absolute Gasteiger partial charge is 0.192 e. The molecule has 0 spiro atoms. The normalized spacial score (nSPS) is 22.4. The second-order valence-electron chi connectivity index (χ2n) is 6.21. The van der Waals surface area contributed by atoms with Crippen molar-refractivity contribution in [1.29, 1.82) is 0 Å². The van der Waals surface area contributed by atoms with Gasteiger partial charge in [-0.15, -0.1) is 0 Å². The highest BCUT2D eigenvalue weighted by molar-refractivity contribution is 7.80. The Balaban J connectivity index is 1.68. The van der Waals surface area contributed by atoms with E-state index in [4.69, 9.17) is 24.4 Å². The Labute approximate surface area is 152 Å². The average molecular weight is 355 g/mol. The van der Waals surface area contributed by atoms with Crippen molar-refractivity contribution in [2.45, 2.75) is 26.2 Å². The van der Waals surface area contributed by atoms with Gasteiger partial charge in [0.05, 0.1) is 0 Å². The molecule has 0 aliphatic carbocycles. The zero-order valence-electron chi connectivity index (χ0n) is 13.5. The van der Waals surface area contributed by atoms with E-state index in [9.17, 15) is 0 Å². The largest absolute Gasteiger partial charge is 0.336 e. The van der Waals surface area contributed by atoms with Crippen molar-refractivity contribution in [2.24, 2.45) is 0 Å². The van der Waals surface area contributed by atoms with Crippen molar-refractivity contribution in [1.82, 2.24) is 20.7 Å². The van der Waals surface area contributed by atoms with Crippen molar-refractivity contribution in [2.75, 3.05) is 0 Å². The molecule has 0 unspecified atom stereocenters. The summed E-state index contributed by atoms with van der Waals surface area (Å²) >= 11 is 11.2. The number of thiocarbonyl (C=S) groups is 2. The van der Waals surface area contributed by atoms with Crippen LogP contribution in [0.25, 0.3) is 0 Å². The molecule has 2 fully saturated rings. The molecule has 4 nitrogen and oxygen atoms in total.